The molecule has 22 heavy (non-hydrogen) atoms. The van der Waals surface area contributed by atoms with Crippen LogP contribution in [0.5, 0.6) is 0 Å². The van der Waals surface area contributed by atoms with Crippen molar-refractivity contribution in [2.24, 2.45) is 5.92 Å². The van der Waals surface area contributed by atoms with E-state index in [2.05, 4.69) is 15.2 Å². The SMILES string of the molecule is O=C(NC1CN2CC[C@H]1C2)c1cc2oc(C(=O)O)cc2cn1. The first-order valence-electron chi connectivity index (χ1n) is 7.26. The number of hydrogen-bond donors (Lipinski definition) is 2. The fourth-order valence-corrected chi connectivity index (χ4v) is 3.35. The Morgan fingerprint density at radius 2 is 2.23 bits per heavy atom. The molecule has 0 spiro atoms. The number of carbonyl (C=O) groups is 2. The van der Waals surface area contributed by atoms with Crippen LogP contribution in [0.1, 0.15) is 27.5 Å². The number of nitrogens with zero attached hydrogens (tertiary/aromatic N) is 2. The average Bonchev–Trinajstić information content (AvgIpc) is 3.20. The molecule has 2 fully saturated rings. The molecule has 4 rings (SSSR count). The van der Waals surface area contributed by atoms with Gasteiger partial charge in [0, 0.05) is 42.8 Å². The third-order valence-electron chi connectivity index (χ3n) is 4.49. The van der Waals surface area contributed by atoms with Gasteiger partial charge in [-0.15, -0.1) is 0 Å². The quantitative estimate of drug-likeness (QED) is 0.876. The molecule has 7 nitrogen and oxygen atoms in total. The number of furan rings is 1. The zero-order valence-electron chi connectivity index (χ0n) is 11.8. The minimum absolute atomic E-state index is 0.157. The Morgan fingerprint density at radius 3 is 2.91 bits per heavy atom. The number of aromatic carboxylic acids is 1. The molecule has 2 aliphatic heterocycles. The molecule has 2 aliphatic rings. The summed E-state index contributed by atoms with van der Waals surface area (Å²) < 4.78 is 5.21. The molecule has 3 atom stereocenters. The van der Waals surface area contributed by atoms with Crippen molar-refractivity contribution in [3.63, 3.8) is 0 Å². The molecule has 2 bridgehead atoms. The van der Waals surface area contributed by atoms with Crippen LogP contribution in [0.2, 0.25) is 0 Å². The number of carboxylic acid groups (broad SMARTS) is 1. The number of pyridine rings is 1. The first-order chi connectivity index (χ1) is 10.6. The number of rotatable bonds is 3. The van der Waals surface area contributed by atoms with Crippen molar-refractivity contribution in [1.82, 2.24) is 15.2 Å². The van der Waals surface area contributed by atoms with Crippen LogP contribution in [0.15, 0.2) is 22.7 Å². The Hall–Kier alpha value is -2.41. The first kappa shape index (κ1) is 13.3. The van der Waals surface area contributed by atoms with Gasteiger partial charge in [-0.25, -0.2) is 4.79 Å². The van der Waals surface area contributed by atoms with Crippen LogP contribution in [0.25, 0.3) is 11.0 Å². The lowest BCUT2D eigenvalue weighted by molar-refractivity contribution is 0.0665. The monoisotopic (exact) mass is 301 g/mol. The lowest BCUT2D eigenvalue weighted by Gasteiger charge is -2.22. The molecule has 2 aromatic rings. The van der Waals surface area contributed by atoms with Gasteiger partial charge in [0.1, 0.15) is 11.3 Å². The van der Waals surface area contributed by atoms with Crippen molar-refractivity contribution in [2.45, 2.75) is 12.5 Å². The third-order valence-corrected chi connectivity index (χ3v) is 4.49. The van der Waals surface area contributed by atoms with Crippen LogP contribution >= 0.6 is 0 Å². The summed E-state index contributed by atoms with van der Waals surface area (Å²) in [5, 5.41) is 12.5. The molecule has 2 aromatic heterocycles. The Morgan fingerprint density at radius 1 is 1.36 bits per heavy atom. The van der Waals surface area contributed by atoms with E-state index < -0.39 is 5.97 Å². The number of hydrogen-bond acceptors (Lipinski definition) is 5. The van der Waals surface area contributed by atoms with Crippen molar-refractivity contribution >= 4 is 22.8 Å². The molecule has 2 unspecified atom stereocenters. The number of carboxylic acids is 1. The molecule has 114 valence electrons. The predicted molar refractivity (Wildman–Crippen MR) is 76.8 cm³/mol. The highest BCUT2D eigenvalue weighted by molar-refractivity contribution is 5.97. The van der Waals surface area contributed by atoms with Gasteiger partial charge in [-0.1, -0.05) is 0 Å². The second-order valence-corrected chi connectivity index (χ2v) is 5.91. The van der Waals surface area contributed by atoms with Crippen molar-refractivity contribution in [3.8, 4) is 0 Å². The topological polar surface area (TPSA) is 95.7 Å². The van der Waals surface area contributed by atoms with Crippen molar-refractivity contribution in [1.29, 1.82) is 0 Å². The van der Waals surface area contributed by atoms with E-state index in [0.29, 0.717) is 16.9 Å². The van der Waals surface area contributed by atoms with E-state index in [1.807, 2.05) is 0 Å². The smallest absolute Gasteiger partial charge is 0.371 e. The van der Waals surface area contributed by atoms with Gasteiger partial charge < -0.3 is 19.7 Å². The lowest BCUT2D eigenvalue weighted by Crippen LogP contribution is -2.43. The minimum Gasteiger partial charge on any atom is -0.475 e. The van der Waals surface area contributed by atoms with E-state index in [4.69, 9.17) is 9.52 Å². The molecular weight excluding hydrogens is 286 g/mol. The number of carbonyl (C=O) groups excluding carboxylic acids is 1. The number of amides is 1. The van der Waals surface area contributed by atoms with Crippen LogP contribution in [0.4, 0.5) is 0 Å². The van der Waals surface area contributed by atoms with Crippen LogP contribution < -0.4 is 5.32 Å². The highest BCUT2D eigenvalue weighted by atomic mass is 16.4. The van der Waals surface area contributed by atoms with Crippen molar-refractivity contribution in [2.75, 3.05) is 19.6 Å². The summed E-state index contributed by atoms with van der Waals surface area (Å²) in [6.07, 6.45) is 2.59. The Bertz CT molecular complexity index is 769. The maximum atomic E-state index is 12.3. The molecule has 4 heterocycles. The first-order valence-corrected chi connectivity index (χ1v) is 7.26. The van der Waals surface area contributed by atoms with Gasteiger partial charge in [-0.05, 0) is 18.9 Å². The van der Waals surface area contributed by atoms with Gasteiger partial charge in [0.25, 0.3) is 5.91 Å². The number of nitrogens with one attached hydrogen (secondary N) is 1. The second kappa shape index (κ2) is 4.81. The summed E-state index contributed by atoms with van der Waals surface area (Å²) in [5.74, 6) is -1.02. The molecule has 7 heteroatoms. The van der Waals surface area contributed by atoms with Gasteiger partial charge in [-0.3, -0.25) is 9.78 Å². The van der Waals surface area contributed by atoms with E-state index in [9.17, 15) is 9.59 Å². The van der Waals surface area contributed by atoms with E-state index in [-0.39, 0.29) is 23.4 Å². The largest absolute Gasteiger partial charge is 0.475 e. The molecule has 0 radical (unpaired) electrons. The van der Waals surface area contributed by atoms with Gasteiger partial charge in [0.2, 0.25) is 5.76 Å². The summed E-state index contributed by atoms with van der Waals surface area (Å²) in [5.41, 5.74) is 0.603. The second-order valence-electron chi connectivity index (χ2n) is 5.91. The van der Waals surface area contributed by atoms with Gasteiger partial charge >= 0.3 is 5.97 Å². The van der Waals surface area contributed by atoms with Gasteiger partial charge in [0.05, 0.1) is 0 Å². The highest BCUT2D eigenvalue weighted by Gasteiger charge is 2.38. The lowest BCUT2D eigenvalue weighted by atomic mass is 10.00. The van der Waals surface area contributed by atoms with E-state index in [0.717, 1.165) is 26.1 Å². The van der Waals surface area contributed by atoms with Gasteiger partial charge in [-0.2, -0.15) is 0 Å². The Kier molecular flexibility index (Phi) is 2.90. The van der Waals surface area contributed by atoms with Crippen molar-refractivity contribution in [3.05, 3.63) is 29.8 Å². The van der Waals surface area contributed by atoms with E-state index >= 15 is 0 Å². The molecular formula is C15H15N3O4. The molecule has 2 N–H and O–H groups in total. The summed E-state index contributed by atoms with van der Waals surface area (Å²) in [7, 11) is 0. The molecule has 0 aromatic carbocycles. The van der Waals surface area contributed by atoms with Crippen LogP contribution in [0.3, 0.4) is 0 Å². The zero-order valence-corrected chi connectivity index (χ0v) is 11.8. The maximum Gasteiger partial charge on any atom is 0.371 e. The summed E-state index contributed by atoms with van der Waals surface area (Å²) in [6.45, 7) is 3.06. The fraction of sp³-hybridized carbons (Fsp3) is 0.400. The van der Waals surface area contributed by atoms with Crippen LogP contribution in [-0.2, 0) is 0 Å². The predicted octanol–water partition coefficient (Wildman–Crippen LogP) is 0.960. The highest BCUT2D eigenvalue weighted by Crippen LogP contribution is 2.28. The number of fused-ring (bicyclic) bond motifs is 3. The Labute approximate surface area is 125 Å². The maximum absolute atomic E-state index is 12.3. The average molecular weight is 301 g/mol. The molecule has 1 amide bonds. The standard InChI is InChI=1S/C15H15N3O4/c19-14(17-11-7-18-2-1-8(11)6-18)10-4-12-9(5-16-10)3-13(22-12)15(20)21/h3-5,8,11H,1-2,6-7H2,(H,17,19)(H,20,21)/t8-,11?/m0/s1. The van der Waals surface area contributed by atoms with E-state index in [1.54, 1.807) is 0 Å². The summed E-state index contributed by atoms with van der Waals surface area (Å²) in [6, 6.07) is 3.06. The van der Waals surface area contributed by atoms with Gasteiger partial charge in [0.15, 0.2) is 0 Å². The number of piperidine rings is 1. The minimum atomic E-state index is -1.14. The summed E-state index contributed by atoms with van der Waals surface area (Å²) in [4.78, 5) is 29.7. The Balaban J connectivity index is 1.55. The fourth-order valence-electron chi connectivity index (χ4n) is 3.35. The molecule has 0 saturated carbocycles. The zero-order chi connectivity index (χ0) is 15.3. The van der Waals surface area contributed by atoms with Crippen LogP contribution in [-0.4, -0.2) is 52.5 Å². The molecule has 2 saturated heterocycles. The third kappa shape index (κ3) is 2.14. The molecule has 0 aliphatic carbocycles. The van der Waals surface area contributed by atoms with Crippen molar-refractivity contribution < 1.29 is 19.1 Å². The van der Waals surface area contributed by atoms with E-state index in [1.165, 1.54) is 18.3 Å². The number of aromatic nitrogens is 1. The normalized spacial score (nSPS) is 26.5. The van der Waals surface area contributed by atoms with Crippen LogP contribution in [0, 0.1) is 5.92 Å². The summed E-state index contributed by atoms with van der Waals surface area (Å²) >= 11 is 0.